The second-order valence-corrected chi connectivity index (χ2v) is 8.81. The van der Waals surface area contributed by atoms with Crippen molar-refractivity contribution in [3.05, 3.63) is 15.8 Å². The largest absolute Gasteiger partial charge is 0.315 e. The monoisotopic (exact) mass is 316 g/mol. The molecule has 1 heterocycles. The van der Waals surface area contributed by atoms with E-state index < -0.39 is 10.0 Å². The summed E-state index contributed by atoms with van der Waals surface area (Å²) < 4.78 is 27.7. The van der Waals surface area contributed by atoms with Crippen molar-refractivity contribution in [3.63, 3.8) is 0 Å². The fourth-order valence-electron chi connectivity index (χ4n) is 2.60. The second-order valence-electron chi connectivity index (χ2n) is 5.74. The minimum absolute atomic E-state index is 0.236. The van der Waals surface area contributed by atoms with E-state index in [-0.39, 0.29) is 5.41 Å². The summed E-state index contributed by atoms with van der Waals surface area (Å²) >= 11 is 1.54. The van der Waals surface area contributed by atoms with Crippen LogP contribution in [0.15, 0.2) is 11.0 Å². The van der Waals surface area contributed by atoms with E-state index in [1.54, 1.807) is 17.4 Å². The lowest BCUT2D eigenvalue weighted by Crippen LogP contribution is -2.30. The third-order valence-electron chi connectivity index (χ3n) is 3.94. The first-order valence-corrected chi connectivity index (χ1v) is 9.46. The van der Waals surface area contributed by atoms with Crippen molar-refractivity contribution >= 4 is 21.4 Å². The van der Waals surface area contributed by atoms with Crippen LogP contribution in [-0.4, -0.2) is 22.0 Å². The minimum Gasteiger partial charge on any atom is -0.315 e. The van der Waals surface area contributed by atoms with Crippen LogP contribution in [0.3, 0.4) is 0 Å². The normalized spacial score (nSPS) is 17.4. The van der Waals surface area contributed by atoms with Gasteiger partial charge >= 0.3 is 0 Å². The Kier molecular flexibility index (Phi) is 4.89. The molecule has 1 aliphatic carbocycles. The van der Waals surface area contributed by atoms with Crippen LogP contribution in [-0.2, 0) is 16.6 Å². The minimum atomic E-state index is -3.37. The first-order valence-electron chi connectivity index (χ1n) is 7.16. The van der Waals surface area contributed by atoms with Crippen LogP contribution in [0.5, 0.6) is 0 Å². The number of aryl methyl sites for hydroxylation is 1. The van der Waals surface area contributed by atoms with E-state index >= 15 is 0 Å². The molecule has 0 amide bonds. The predicted molar refractivity (Wildman–Crippen MR) is 83.6 cm³/mol. The Labute approximate surface area is 126 Å². The van der Waals surface area contributed by atoms with Crippen LogP contribution in [0.1, 0.15) is 42.4 Å². The third kappa shape index (κ3) is 3.61. The summed E-state index contributed by atoms with van der Waals surface area (Å²) in [7, 11) is -1.50. The van der Waals surface area contributed by atoms with Gasteiger partial charge in [-0.05, 0) is 44.7 Å². The van der Waals surface area contributed by atoms with Crippen molar-refractivity contribution in [1.82, 2.24) is 10.0 Å². The van der Waals surface area contributed by atoms with E-state index in [9.17, 15) is 8.42 Å². The summed E-state index contributed by atoms with van der Waals surface area (Å²) in [5.74, 6) is 0. The predicted octanol–water partition coefficient (Wildman–Crippen LogP) is 2.63. The van der Waals surface area contributed by atoms with Crippen LogP contribution < -0.4 is 10.0 Å². The number of sulfonamides is 1. The quantitative estimate of drug-likeness (QED) is 0.775. The summed E-state index contributed by atoms with van der Waals surface area (Å²) in [5, 5.41) is 3.05. The molecule has 0 aromatic carbocycles. The summed E-state index contributed by atoms with van der Waals surface area (Å²) in [6, 6.07) is 1.79. The average molecular weight is 316 g/mol. The first-order chi connectivity index (χ1) is 9.42. The van der Waals surface area contributed by atoms with E-state index in [1.165, 1.54) is 0 Å². The Morgan fingerprint density at radius 2 is 2.10 bits per heavy atom. The zero-order valence-corrected chi connectivity index (χ0v) is 14.1. The van der Waals surface area contributed by atoms with Crippen molar-refractivity contribution in [3.8, 4) is 0 Å². The molecular formula is C14H24N2O2S2. The smallest absolute Gasteiger partial charge is 0.241 e. The van der Waals surface area contributed by atoms with E-state index in [0.29, 0.717) is 18.0 Å². The Hall–Kier alpha value is -0.430. The van der Waals surface area contributed by atoms with E-state index in [4.69, 9.17) is 0 Å². The van der Waals surface area contributed by atoms with Crippen LogP contribution in [0.2, 0.25) is 0 Å². The van der Waals surface area contributed by atoms with Crippen LogP contribution in [0.25, 0.3) is 0 Å². The highest BCUT2D eigenvalue weighted by molar-refractivity contribution is 7.89. The molecule has 0 aliphatic heterocycles. The molecule has 1 saturated carbocycles. The van der Waals surface area contributed by atoms with Gasteiger partial charge in [-0.2, -0.15) is 0 Å². The van der Waals surface area contributed by atoms with Gasteiger partial charge in [-0.25, -0.2) is 13.1 Å². The summed E-state index contributed by atoms with van der Waals surface area (Å²) in [6.07, 6.45) is 4.53. The maximum atomic E-state index is 12.4. The second kappa shape index (κ2) is 6.13. The van der Waals surface area contributed by atoms with Crippen LogP contribution >= 0.6 is 11.3 Å². The molecule has 1 aromatic heterocycles. The Morgan fingerprint density at radius 3 is 2.65 bits per heavy atom. The molecule has 20 heavy (non-hydrogen) atoms. The molecule has 0 spiro atoms. The van der Waals surface area contributed by atoms with Crippen LogP contribution in [0.4, 0.5) is 0 Å². The van der Waals surface area contributed by atoms with Crippen molar-refractivity contribution in [2.75, 3.05) is 13.6 Å². The van der Waals surface area contributed by atoms with Gasteiger partial charge in [-0.15, -0.1) is 11.3 Å². The van der Waals surface area contributed by atoms with Gasteiger partial charge in [-0.3, -0.25) is 0 Å². The maximum Gasteiger partial charge on any atom is 0.241 e. The van der Waals surface area contributed by atoms with Crippen molar-refractivity contribution in [1.29, 1.82) is 0 Å². The molecule has 114 valence electrons. The van der Waals surface area contributed by atoms with E-state index in [1.807, 2.05) is 14.0 Å². The van der Waals surface area contributed by atoms with Gasteiger partial charge in [0, 0.05) is 22.8 Å². The molecular weight excluding hydrogens is 292 g/mol. The van der Waals surface area contributed by atoms with Crippen molar-refractivity contribution < 1.29 is 8.42 Å². The summed E-state index contributed by atoms with van der Waals surface area (Å²) in [5.41, 5.74) is 0.236. The molecule has 0 saturated heterocycles. The Morgan fingerprint density at radius 1 is 1.40 bits per heavy atom. The SMILES string of the molecule is CCCC1(CNS(=O)(=O)c2cc(CNC)sc2C)CC1. The fourth-order valence-corrected chi connectivity index (χ4v) is 5.40. The molecule has 4 nitrogen and oxygen atoms in total. The van der Waals surface area contributed by atoms with Crippen LogP contribution in [0, 0.1) is 12.3 Å². The van der Waals surface area contributed by atoms with Crippen molar-refractivity contribution in [2.24, 2.45) is 5.41 Å². The van der Waals surface area contributed by atoms with Gasteiger partial charge in [0.1, 0.15) is 0 Å². The molecule has 1 aliphatic rings. The third-order valence-corrected chi connectivity index (χ3v) is 6.65. The zero-order valence-electron chi connectivity index (χ0n) is 12.5. The number of hydrogen-bond donors (Lipinski definition) is 2. The zero-order chi connectivity index (χ0) is 14.8. The molecule has 2 N–H and O–H groups in total. The lowest BCUT2D eigenvalue weighted by atomic mass is 10.0. The highest BCUT2D eigenvalue weighted by Gasteiger charge is 2.42. The van der Waals surface area contributed by atoms with Gasteiger partial charge in [-0.1, -0.05) is 13.3 Å². The molecule has 0 bridgehead atoms. The summed E-state index contributed by atoms with van der Waals surface area (Å²) in [4.78, 5) is 2.36. The standard InChI is InChI=1S/C14H24N2O2S2/c1-4-5-14(6-7-14)10-16-20(17,18)13-8-12(9-15-3)19-11(13)2/h8,15-16H,4-7,9-10H2,1-3H3. The molecule has 0 unspecified atom stereocenters. The molecule has 1 aromatic rings. The van der Waals surface area contributed by atoms with Gasteiger partial charge < -0.3 is 5.32 Å². The van der Waals surface area contributed by atoms with E-state index in [2.05, 4.69) is 17.0 Å². The highest BCUT2D eigenvalue weighted by atomic mass is 32.2. The Bertz CT molecular complexity index is 560. The molecule has 6 heteroatoms. The molecule has 1 fully saturated rings. The van der Waals surface area contributed by atoms with Gasteiger partial charge in [0.15, 0.2) is 0 Å². The lowest BCUT2D eigenvalue weighted by Gasteiger charge is -2.15. The van der Waals surface area contributed by atoms with Crippen molar-refractivity contribution in [2.45, 2.75) is 51.0 Å². The van der Waals surface area contributed by atoms with E-state index in [0.717, 1.165) is 35.4 Å². The lowest BCUT2D eigenvalue weighted by molar-refractivity contribution is 0.449. The van der Waals surface area contributed by atoms with Gasteiger partial charge in [0.25, 0.3) is 0 Å². The molecule has 0 atom stereocenters. The number of nitrogens with one attached hydrogen (secondary N) is 2. The topological polar surface area (TPSA) is 58.2 Å². The number of hydrogen-bond acceptors (Lipinski definition) is 4. The fraction of sp³-hybridized carbons (Fsp3) is 0.714. The average Bonchev–Trinajstić information content (AvgIpc) is 3.04. The Balaban J connectivity index is 2.06. The highest BCUT2D eigenvalue weighted by Crippen LogP contribution is 2.49. The van der Waals surface area contributed by atoms with Gasteiger partial charge in [0.05, 0.1) is 4.90 Å². The molecule has 2 rings (SSSR count). The first kappa shape index (κ1) is 15.9. The van der Waals surface area contributed by atoms with Gasteiger partial charge in [0.2, 0.25) is 10.0 Å². The molecule has 0 radical (unpaired) electrons. The number of rotatable bonds is 8. The maximum absolute atomic E-state index is 12.4. The number of thiophene rings is 1. The summed E-state index contributed by atoms with van der Waals surface area (Å²) in [6.45, 7) is 5.32.